The molecule has 4 rings (SSSR count). The van der Waals surface area contributed by atoms with E-state index in [0.29, 0.717) is 47.2 Å². The molecule has 168 valence electrons. The number of nitrogens with one attached hydrogen (secondary N) is 1. The zero-order valence-corrected chi connectivity index (χ0v) is 18.9. The molecular formula is C27H26N2O4. The van der Waals surface area contributed by atoms with E-state index in [4.69, 9.17) is 9.47 Å². The molecule has 0 radical (unpaired) electrons. The molecule has 0 saturated carbocycles. The quantitative estimate of drug-likeness (QED) is 0.487. The van der Waals surface area contributed by atoms with Crippen molar-refractivity contribution in [3.05, 3.63) is 89.6 Å². The molecule has 0 spiro atoms. The van der Waals surface area contributed by atoms with Gasteiger partial charge >= 0.3 is 0 Å². The van der Waals surface area contributed by atoms with Gasteiger partial charge in [0.25, 0.3) is 11.8 Å². The van der Waals surface area contributed by atoms with Crippen molar-refractivity contribution in [1.29, 1.82) is 0 Å². The van der Waals surface area contributed by atoms with E-state index in [1.165, 1.54) is 4.90 Å². The standard InChI is InChI=1S/C27H26N2O4/c1-4-32-21-10-8-9-20(17-21)28-25-24(19-15-13-18(3)14-16-19)26(30)29(27(25)31)22-11-6-7-12-23(22)33-5-2/h6-17,28H,4-5H2,1-3H3. The molecule has 1 heterocycles. The average molecular weight is 443 g/mol. The molecular weight excluding hydrogens is 416 g/mol. The number of imide groups is 1. The minimum atomic E-state index is -0.440. The van der Waals surface area contributed by atoms with E-state index >= 15 is 0 Å². The lowest BCUT2D eigenvalue weighted by atomic mass is 10.0. The predicted octanol–water partition coefficient (Wildman–Crippen LogP) is 5.19. The number of hydrogen-bond donors (Lipinski definition) is 1. The van der Waals surface area contributed by atoms with Crippen LogP contribution < -0.4 is 19.7 Å². The lowest BCUT2D eigenvalue weighted by Gasteiger charge is -2.19. The normalized spacial score (nSPS) is 13.5. The fraction of sp³-hybridized carbons (Fsp3) is 0.185. The molecule has 3 aromatic rings. The van der Waals surface area contributed by atoms with Crippen LogP contribution in [0.4, 0.5) is 11.4 Å². The van der Waals surface area contributed by atoms with Gasteiger partial charge < -0.3 is 14.8 Å². The van der Waals surface area contributed by atoms with Gasteiger partial charge in [-0.3, -0.25) is 9.59 Å². The molecule has 0 saturated heterocycles. The molecule has 0 fully saturated rings. The second kappa shape index (κ2) is 9.61. The number of aryl methyl sites for hydroxylation is 1. The number of para-hydroxylation sites is 2. The maximum absolute atomic E-state index is 13.7. The van der Waals surface area contributed by atoms with Crippen LogP contribution in [0.25, 0.3) is 5.57 Å². The smallest absolute Gasteiger partial charge is 0.282 e. The summed E-state index contributed by atoms with van der Waals surface area (Å²) in [6, 6.07) is 21.9. The number of ether oxygens (including phenoxy) is 2. The van der Waals surface area contributed by atoms with E-state index in [1.807, 2.05) is 69.3 Å². The Morgan fingerprint density at radius 3 is 2.27 bits per heavy atom. The molecule has 0 aliphatic carbocycles. The van der Waals surface area contributed by atoms with E-state index in [1.54, 1.807) is 24.3 Å². The third-order valence-electron chi connectivity index (χ3n) is 5.24. The van der Waals surface area contributed by atoms with Crippen molar-refractivity contribution >= 4 is 28.8 Å². The van der Waals surface area contributed by atoms with Gasteiger partial charge in [0.15, 0.2) is 0 Å². The van der Waals surface area contributed by atoms with Crippen molar-refractivity contribution < 1.29 is 19.1 Å². The summed E-state index contributed by atoms with van der Waals surface area (Å²) in [6.07, 6.45) is 0. The van der Waals surface area contributed by atoms with Crippen LogP contribution in [-0.4, -0.2) is 25.0 Å². The van der Waals surface area contributed by atoms with Crippen molar-refractivity contribution in [2.45, 2.75) is 20.8 Å². The van der Waals surface area contributed by atoms with Gasteiger partial charge in [-0.25, -0.2) is 4.90 Å². The molecule has 6 heteroatoms. The molecule has 0 bridgehead atoms. The summed E-state index contributed by atoms with van der Waals surface area (Å²) in [6.45, 7) is 6.69. The summed E-state index contributed by atoms with van der Waals surface area (Å²) < 4.78 is 11.3. The largest absolute Gasteiger partial charge is 0.494 e. The summed E-state index contributed by atoms with van der Waals surface area (Å²) in [5, 5.41) is 3.18. The van der Waals surface area contributed by atoms with Gasteiger partial charge in [-0.2, -0.15) is 0 Å². The Bertz CT molecular complexity index is 1210. The van der Waals surface area contributed by atoms with Crippen molar-refractivity contribution in [3.8, 4) is 11.5 Å². The Kier molecular flexibility index (Phi) is 6.45. The molecule has 2 amide bonds. The van der Waals surface area contributed by atoms with E-state index in [2.05, 4.69) is 5.32 Å². The zero-order valence-electron chi connectivity index (χ0n) is 18.9. The number of hydrogen-bond acceptors (Lipinski definition) is 5. The van der Waals surface area contributed by atoms with Crippen molar-refractivity contribution in [2.75, 3.05) is 23.4 Å². The highest BCUT2D eigenvalue weighted by Gasteiger charge is 2.41. The SMILES string of the molecule is CCOc1cccc(NC2=C(c3ccc(C)cc3)C(=O)N(c3ccccc3OCC)C2=O)c1. The van der Waals surface area contributed by atoms with Crippen LogP contribution in [0, 0.1) is 6.92 Å². The van der Waals surface area contributed by atoms with Gasteiger partial charge in [-0.05, 0) is 50.6 Å². The van der Waals surface area contributed by atoms with Crippen LogP contribution in [0.5, 0.6) is 11.5 Å². The van der Waals surface area contributed by atoms with Crippen molar-refractivity contribution in [1.82, 2.24) is 0 Å². The number of nitrogens with zero attached hydrogens (tertiary/aromatic N) is 1. The topological polar surface area (TPSA) is 67.9 Å². The van der Waals surface area contributed by atoms with Gasteiger partial charge in [-0.15, -0.1) is 0 Å². The maximum atomic E-state index is 13.7. The fourth-order valence-corrected chi connectivity index (χ4v) is 3.75. The minimum Gasteiger partial charge on any atom is -0.494 e. The lowest BCUT2D eigenvalue weighted by Crippen LogP contribution is -2.32. The summed E-state index contributed by atoms with van der Waals surface area (Å²) >= 11 is 0. The van der Waals surface area contributed by atoms with Crippen molar-refractivity contribution in [3.63, 3.8) is 0 Å². The number of carbonyl (C=O) groups is 2. The van der Waals surface area contributed by atoms with Crippen LogP contribution in [0.1, 0.15) is 25.0 Å². The Morgan fingerprint density at radius 1 is 0.818 bits per heavy atom. The molecule has 1 aliphatic rings. The molecule has 1 N–H and O–H groups in total. The van der Waals surface area contributed by atoms with Crippen LogP contribution in [0.2, 0.25) is 0 Å². The molecule has 0 atom stereocenters. The third kappa shape index (κ3) is 4.46. The summed E-state index contributed by atoms with van der Waals surface area (Å²) in [5.74, 6) is 0.309. The first-order valence-corrected chi connectivity index (χ1v) is 10.9. The molecule has 6 nitrogen and oxygen atoms in total. The molecule has 1 aliphatic heterocycles. The number of amides is 2. The molecule has 0 unspecified atom stereocenters. The lowest BCUT2D eigenvalue weighted by molar-refractivity contribution is -0.120. The maximum Gasteiger partial charge on any atom is 0.282 e. The highest BCUT2D eigenvalue weighted by molar-refractivity contribution is 6.46. The van der Waals surface area contributed by atoms with Gasteiger partial charge in [0, 0.05) is 11.8 Å². The number of anilines is 2. The summed E-state index contributed by atoms with van der Waals surface area (Å²) in [5.41, 5.74) is 3.32. The first kappa shape index (κ1) is 22.1. The number of benzene rings is 3. The molecule has 3 aromatic carbocycles. The van der Waals surface area contributed by atoms with E-state index in [0.717, 1.165) is 5.56 Å². The molecule has 0 aromatic heterocycles. The highest BCUT2D eigenvalue weighted by Crippen LogP contribution is 2.38. The van der Waals surface area contributed by atoms with Crippen LogP contribution in [0.15, 0.2) is 78.5 Å². The van der Waals surface area contributed by atoms with E-state index < -0.39 is 11.8 Å². The van der Waals surface area contributed by atoms with Gasteiger partial charge in [-0.1, -0.05) is 48.0 Å². The van der Waals surface area contributed by atoms with Gasteiger partial charge in [0.2, 0.25) is 0 Å². The number of rotatable bonds is 8. The Morgan fingerprint density at radius 2 is 1.55 bits per heavy atom. The second-order valence-electron chi connectivity index (χ2n) is 7.55. The first-order valence-electron chi connectivity index (χ1n) is 10.9. The highest BCUT2D eigenvalue weighted by atomic mass is 16.5. The van der Waals surface area contributed by atoms with Crippen LogP contribution >= 0.6 is 0 Å². The van der Waals surface area contributed by atoms with Gasteiger partial charge in [0.05, 0.1) is 24.5 Å². The zero-order chi connectivity index (χ0) is 23.4. The Balaban J connectivity index is 1.80. The molecule has 33 heavy (non-hydrogen) atoms. The van der Waals surface area contributed by atoms with Gasteiger partial charge in [0.1, 0.15) is 17.2 Å². The fourth-order valence-electron chi connectivity index (χ4n) is 3.75. The third-order valence-corrected chi connectivity index (χ3v) is 5.24. The summed E-state index contributed by atoms with van der Waals surface area (Å²) in [4.78, 5) is 28.5. The second-order valence-corrected chi connectivity index (χ2v) is 7.55. The van der Waals surface area contributed by atoms with E-state index in [-0.39, 0.29) is 5.70 Å². The van der Waals surface area contributed by atoms with Crippen LogP contribution in [0.3, 0.4) is 0 Å². The minimum absolute atomic E-state index is 0.212. The predicted molar refractivity (Wildman–Crippen MR) is 129 cm³/mol. The van der Waals surface area contributed by atoms with E-state index in [9.17, 15) is 9.59 Å². The average Bonchev–Trinajstić information content (AvgIpc) is 3.05. The monoisotopic (exact) mass is 442 g/mol. The first-order chi connectivity index (χ1) is 16.0. The number of carbonyl (C=O) groups excluding carboxylic acids is 2. The van der Waals surface area contributed by atoms with Crippen molar-refractivity contribution in [2.24, 2.45) is 0 Å². The summed E-state index contributed by atoms with van der Waals surface area (Å²) in [7, 11) is 0. The van der Waals surface area contributed by atoms with Crippen LogP contribution in [-0.2, 0) is 9.59 Å². The Hall–Kier alpha value is -4.06. The Labute approximate surface area is 193 Å².